The number of hydrogen-bond acceptors (Lipinski definition) is 3. The zero-order valence-electron chi connectivity index (χ0n) is 17.7. The van der Waals surface area contributed by atoms with Gasteiger partial charge in [0.2, 0.25) is 5.91 Å². The lowest BCUT2D eigenvalue weighted by molar-refractivity contribution is -0.133. The maximum Gasteiger partial charge on any atom is 0.223 e. The van der Waals surface area contributed by atoms with Gasteiger partial charge in [-0.15, -0.1) is 24.8 Å². The lowest BCUT2D eigenvalue weighted by atomic mass is 9.85. The van der Waals surface area contributed by atoms with Crippen molar-refractivity contribution in [3.05, 3.63) is 35.9 Å². The molecule has 6 heteroatoms. The van der Waals surface area contributed by atoms with Gasteiger partial charge >= 0.3 is 0 Å². The summed E-state index contributed by atoms with van der Waals surface area (Å²) >= 11 is 0. The highest BCUT2D eigenvalue weighted by Crippen LogP contribution is 2.23. The fraction of sp³-hybridized carbons (Fsp3) is 0.682. The van der Waals surface area contributed by atoms with Crippen molar-refractivity contribution in [1.29, 1.82) is 0 Å². The molecule has 2 unspecified atom stereocenters. The topological polar surface area (TPSA) is 35.6 Å². The van der Waals surface area contributed by atoms with Crippen molar-refractivity contribution in [1.82, 2.24) is 15.1 Å². The smallest absolute Gasteiger partial charge is 0.223 e. The van der Waals surface area contributed by atoms with Crippen molar-refractivity contribution >= 4 is 30.7 Å². The number of carbonyl (C=O) groups is 1. The minimum Gasteiger partial charge on any atom is -0.337 e. The van der Waals surface area contributed by atoms with E-state index in [4.69, 9.17) is 0 Å². The maximum atomic E-state index is 13.1. The largest absolute Gasteiger partial charge is 0.337 e. The first-order valence-electron chi connectivity index (χ1n) is 10.4. The number of nitrogens with zero attached hydrogens (tertiary/aromatic N) is 2. The molecule has 1 heterocycles. The first kappa shape index (κ1) is 27.2. The van der Waals surface area contributed by atoms with Gasteiger partial charge < -0.3 is 15.1 Å². The van der Waals surface area contributed by atoms with Gasteiger partial charge in [-0.25, -0.2) is 0 Å². The van der Waals surface area contributed by atoms with Gasteiger partial charge in [0.1, 0.15) is 0 Å². The van der Waals surface area contributed by atoms with Crippen molar-refractivity contribution in [3.8, 4) is 0 Å². The molecule has 1 amide bonds. The molecular formula is C22H39Cl2N3O. The average molecular weight is 432 g/mol. The Hall–Kier alpha value is -0.810. The molecule has 162 valence electrons. The van der Waals surface area contributed by atoms with Crippen LogP contribution >= 0.6 is 24.8 Å². The monoisotopic (exact) mass is 431 g/mol. The summed E-state index contributed by atoms with van der Waals surface area (Å²) in [5.74, 6) is 1.38. The predicted molar refractivity (Wildman–Crippen MR) is 124 cm³/mol. The van der Waals surface area contributed by atoms with E-state index < -0.39 is 0 Å². The molecule has 0 radical (unpaired) electrons. The molecule has 0 spiro atoms. The summed E-state index contributed by atoms with van der Waals surface area (Å²) in [6.45, 7) is 13.4. The third-order valence-corrected chi connectivity index (χ3v) is 5.79. The number of carbonyl (C=O) groups excluding carboxylic acids is 1. The molecule has 1 fully saturated rings. The number of benzene rings is 1. The number of amides is 1. The Kier molecular flexibility index (Phi) is 14.6. The molecule has 0 aromatic heterocycles. The number of halogens is 2. The Morgan fingerprint density at radius 2 is 1.82 bits per heavy atom. The van der Waals surface area contributed by atoms with Gasteiger partial charge in [-0.2, -0.15) is 0 Å². The highest BCUT2D eigenvalue weighted by Gasteiger charge is 2.24. The van der Waals surface area contributed by atoms with Crippen LogP contribution in [0.25, 0.3) is 0 Å². The van der Waals surface area contributed by atoms with Gasteiger partial charge in [0.25, 0.3) is 0 Å². The van der Waals surface area contributed by atoms with Crippen molar-refractivity contribution in [2.24, 2.45) is 11.8 Å². The average Bonchev–Trinajstić information content (AvgIpc) is 2.69. The summed E-state index contributed by atoms with van der Waals surface area (Å²) in [5, 5.41) is 3.48. The SMILES string of the molecule is CCN(CC)CCN(Cc1ccccc1)C(=O)CC(C)C1CCCNC1.Cl.Cl. The summed E-state index contributed by atoms with van der Waals surface area (Å²) in [7, 11) is 0. The Bertz CT molecular complexity index is 520. The molecule has 1 aromatic carbocycles. The van der Waals surface area contributed by atoms with E-state index in [1.165, 1.54) is 18.4 Å². The summed E-state index contributed by atoms with van der Waals surface area (Å²) in [6, 6.07) is 10.4. The fourth-order valence-electron chi connectivity index (χ4n) is 3.83. The molecule has 4 nitrogen and oxygen atoms in total. The highest BCUT2D eigenvalue weighted by atomic mass is 35.5. The molecule has 0 aliphatic carbocycles. The van der Waals surface area contributed by atoms with Crippen molar-refractivity contribution in [3.63, 3.8) is 0 Å². The first-order valence-corrected chi connectivity index (χ1v) is 10.4. The molecule has 28 heavy (non-hydrogen) atoms. The van der Waals surface area contributed by atoms with Gasteiger partial charge in [-0.1, -0.05) is 51.1 Å². The standard InChI is InChI=1S/C22H37N3O.2ClH/c1-4-24(5-2)14-15-25(18-20-10-7-6-8-11-20)22(26)16-19(3)21-12-9-13-23-17-21;;/h6-8,10-11,19,21,23H,4-5,9,12-18H2,1-3H3;2*1H. The molecule has 1 aliphatic rings. The molecule has 1 saturated heterocycles. The van der Waals surface area contributed by atoms with E-state index in [0.29, 0.717) is 24.2 Å². The van der Waals surface area contributed by atoms with E-state index in [-0.39, 0.29) is 24.8 Å². The Morgan fingerprint density at radius 3 is 2.39 bits per heavy atom. The number of nitrogens with one attached hydrogen (secondary N) is 1. The normalized spacial score (nSPS) is 17.4. The number of hydrogen-bond donors (Lipinski definition) is 1. The zero-order valence-corrected chi connectivity index (χ0v) is 19.4. The van der Waals surface area contributed by atoms with Gasteiger partial charge in [0, 0.05) is 26.1 Å². The molecular weight excluding hydrogens is 393 g/mol. The van der Waals surface area contributed by atoms with Gasteiger partial charge in [-0.05, 0) is 56.4 Å². The van der Waals surface area contributed by atoms with Crippen LogP contribution in [-0.2, 0) is 11.3 Å². The van der Waals surface area contributed by atoms with Gasteiger partial charge in [0.05, 0.1) is 0 Å². The fourth-order valence-corrected chi connectivity index (χ4v) is 3.83. The second kappa shape index (κ2) is 15.1. The van der Waals surface area contributed by atoms with Crippen LogP contribution in [0.4, 0.5) is 0 Å². The highest BCUT2D eigenvalue weighted by molar-refractivity contribution is 5.85. The number of likely N-dealkylation sites (N-methyl/N-ethyl adjacent to an activating group) is 1. The quantitative estimate of drug-likeness (QED) is 0.601. The molecule has 1 N–H and O–H groups in total. The number of rotatable bonds is 10. The Morgan fingerprint density at radius 1 is 1.14 bits per heavy atom. The molecule has 2 rings (SSSR count). The predicted octanol–water partition coefficient (Wildman–Crippen LogP) is 4.23. The van der Waals surface area contributed by atoms with Crippen LogP contribution in [-0.4, -0.2) is 55.0 Å². The zero-order chi connectivity index (χ0) is 18.8. The van der Waals surface area contributed by atoms with E-state index in [9.17, 15) is 4.79 Å². The summed E-state index contributed by atoms with van der Waals surface area (Å²) in [6.07, 6.45) is 3.15. The van der Waals surface area contributed by atoms with Crippen LogP contribution < -0.4 is 5.32 Å². The van der Waals surface area contributed by atoms with Crippen molar-refractivity contribution in [2.75, 3.05) is 39.3 Å². The lowest BCUT2D eigenvalue weighted by Gasteiger charge is -2.31. The Labute approximate surface area is 184 Å². The van der Waals surface area contributed by atoms with E-state index in [2.05, 4.69) is 60.2 Å². The summed E-state index contributed by atoms with van der Waals surface area (Å²) in [4.78, 5) is 17.5. The number of piperidine rings is 1. The molecule has 0 bridgehead atoms. The molecule has 0 saturated carbocycles. The van der Waals surface area contributed by atoms with Crippen molar-refractivity contribution < 1.29 is 4.79 Å². The van der Waals surface area contributed by atoms with Crippen LogP contribution in [0.5, 0.6) is 0 Å². The van der Waals surface area contributed by atoms with Crippen LogP contribution in [0.15, 0.2) is 30.3 Å². The third kappa shape index (κ3) is 9.13. The molecule has 1 aromatic rings. The molecule has 2 atom stereocenters. The van der Waals surface area contributed by atoms with E-state index in [0.717, 1.165) is 45.8 Å². The molecule has 1 aliphatic heterocycles. The van der Waals surface area contributed by atoms with Gasteiger partial charge in [0.15, 0.2) is 0 Å². The first-order chi connectivity index (χ1) is 12.6. The van der Waals surface area contributed by atoms with Crippen molar-refractivity contribution in [2.45, 2.75) is 46.6 Å². The summed E-state index contributed by atoms with van der Waals surface area (Å²) in [5.41, 5.74) is 1.22. The maximum absolute atomic E-state index is 13.1. The summed E-state index contributed by atoms with van der Waals surface area (Å²) < 4.78 is 0. The minimum atomic E-state index is 0. The van der Waals surface area contributed by atoms with Crippen LogP contribution in [0.3, 0.4) is 0 Å². The second-order valence-electron chi connectivity index (χ2n) is 7.62. The minimum absolute atomic E-state index is 0. The van der Waals surface area contributed by atoms with E-state index in [1.54, 1.807) is 0 Å². The second-order valence-corrected chi connectivity index (χ2v) is 7.62. The third-order valence-electron chi connectivity index (χ3n) is 5.79. The van der Waals surface area contributed by atoms with Crippen LogP contribution in [0.1, 0.15) is 45.6 Å². The van der Waals surface area contributed by atoms with E-state index in [1.807, 2.05) is 6.07 Å². The lowest BCUT2D eigenvalue weighted by Crippen LogP contribution is -2.40. The van der Waals surface area contributed by atoms with Crippen LogP contribution in [0.2, 0.25) is 0 Å². The van der Waals surface area contributed by atoms with Crippen LogP contribution in [0, 0.1) is 11.8 Å². The van der Waals surface area contributed by atoms with E-state index >= 15 is 0 Å². The Balaban J connectivity index is 0.00000364. The van der Waals surface area contributed by atoms with Gasteiger partial charge in [-0.3, -0.25) is 4.79 Å².